The summed E-state index contributed by atoms with van der Waals surface area (Å²) in [5, 5.41) is 2.98. The maximum Gasteiger partial charge on any atom is 0.326 e. The molecular formula is C18H25N3O3. The highest BCUT2D eigenvalue weighted by molar-refractivity contribution is 6.07. The molecule has 1 aromatic rings. The number of rotatable bonds is 5. The van der Waals surface area contributed by atoms with Crippen LogP contribution in [0.5, 0.6) is 0 Å². The summed E-state index contributed by atoms with van der Waals surface area (Å²) < 4.78 is 5.34. The van der Waals surface area contributed by atoms with E-state index < -0.39 is 5.54 Å². The monoisotopic (exact) mass is 331 g/mol. The second kappa shape index (κ2) is 6.91. The zero-order chi connectivity index (χ0) is 17.2. The summed E-state index contributed by atoms with van der Waals surface area (Å²) in [7, 11) is 0. The van der Waals surface area contributed by atoms with Crippen LogP contribution in [0, 0.1) is 5.92 Å². The van der Waals surface area contributed by atoms with Gasteiger partial charge < -0.3 is 10.1 Å². The number of benzene rings is 1. The van der Waals surface area contributed by atoms with E-state index in [4.69, 9.17) is 4.74 Å². The molecule has 0 aliphatic carbocycles. The predicted molar refractivity (Wildman–Crippen MR) is 90.2 cm³/mol. The number of nitrogens with zero attached hydrogens (tertiary/aromatic N) is 2. The summed E-state index contributed by atoms with van der Waals surface area (Å²) in [4.78, 5) is 29.2. The fourth-order valence-electron chi connectivity index (χ4n) is 3.48. The molecule has 1 aromatic carbocycles. The quantitative estimate of drug-likeness (QED) is 0.836. The Morgan fingerprint density at radius 3 is 2.46 bits per heavy atom. The van der Waals surface area contributed by atoms with E-state index in [2.05, 4.69) is 24.1 Å². The van der Waals surface area contributed by atoms with Crippen molar-refractivity contribution in [3.05, 3.63) is 35.9 Å². The van der Waals surface area contributed by atoms with Crippen LogP contribution < -0.4 is 5.32 Å². The molecule has 0 saturated carbocycles. The number of urea groups is 1. The van der Waals surface area contributed by atoms with Gasteiger partial charge in [-0.25, -0.2) is 9.69 Å². The lowest BCUT2D eigenvalue weighted by Crippen LogP contribution is -2.48. The Morgan fingerprint density at radius 2 is 1.83 bits per heavy atom. The minimum atomic E-state index is -0.960. The van der Waals surface area contributed by atoms with Crippen LogP contribution in [-0.2, 0) is 15.1 Å². The molecule has 3 amide bonds. The van der Waals surface area contributed by atoms with E-state index in [1.807, 2.05) is 30.3 Å². The van der Waals surface area contributed by atoms with Crippen LogP contribution in [0.4, 0.5) is 4.79 Å². The van der Waals surface area contributed by atoms with Crippen LogP contribution in [0.2, 0.25) is 0 Å². The third kappa shape index (κ3) is 3.16. The van der Waals surface area contributed by atoms with Crippen LogP contribution >= 0.6 is 0 Å². The van der Waals surface area contributed by atoms with Crippen LogP contribution in [-0.4, -0.2) is 54.7 Å². The minimum Gasteiger partial charge on any atom is -0.379 e. The van der Waals surface area contributed by atoms with E-state index in [0.717, 1.165) is 18.7 Å². The molecule has 6 nitrogen and oxygen atoms in total. The molecule has 2 fully saturated rings. The topological polar surface area (TPSA) is 61.9 Å². The fourth-order valence-corrected chi connectivity index (χ4v) is 3.48. The lowest BCUT2D eigenvalue weighted by molar-refractivity contribution is -0.134. The molecular weight excluding hydrogens is 306 g/mol. The van der Waals surface area contributed by atoms with E-state index in [-0.39, 0.29) is 17.9 Å². The van der Waals surface area contributed by atoms with Crippen LogP contribution in [0.3, 0.4) is 0 Å². The number of carbonyl (C=O) groups excluding carboxylic acids is 2. The summed E-state index contributed by atoms with van der Waals surface area (Å²) in [6, 6.07) is 9.25. The molecule has 1 atom stereocenters. The van der Waals surface area contributed by atoms with Crippen molar-refractivity contribution in [3.63, 3.8) is 0 Å². The fraction of sp³-hybridized carbons (Fsp3) is 0.556. The highest BCUT2D eigenvalue weighted by atomic mass is 16.5. The van der Waals surface area contributed by atoms with Gasteiger partial charge in [0.25, 0.3) is 5.91 Å². The van der Waals surface area contributed by atoms with E-state index in [0.29, 0.717) is 26.3 Å². The van der Waals surface area contributed by atoms with Gasteiger partial charge in [0.1, 0.15) is 5.54 Å². The Bertz CT molecular complexity index is 599. The van der Waals surface area contributed by atoms with Crippen molar-refractivity contribution >= 4 is 11.9 Å². The van der Waals surface area contributed by atoms with Crippen LogP contribution in [0.15, 0.2) is 30.3 Å². The van der Waals surface area contributed by atoms with Crippen molar-refractivity contribution < 1.29 is 14.3 Å². The number of ether oxygens (including phenoxy) is 1. The molecule has 0 aromatic heterocycles. The number of carbonyl (C=O) groups is 2. The van der Waals surface area contributed by atoms with Gasteiger partial charge in [-0.3, -0.25) is 9.69 Å². The Hall–Kier alpha value is -1.92. The Labute approximate surface area is 142 Å². The number of nitrogens with one attached hydrogen (secondary N) is 1. The van der Waals surface area contributed by atoms with Crippen molar-refractivity contribution in [1.29, 1.82) is 0 Å². The first kappa shape index (κ1) is 16.9. The van der Waals surface area contributed by atoms with Gasteiger partial charge in [-0.15, -0.1) is 0 Å². The van der Waals surface area contributed by atoms with Crippen LogP contribution in [0.1, 0.15) is 25.8 Å². The standard InChI is InChI=1S/C18H25N3O3/c1-14(2)12-18(15-6-4-3-5-7-15)16(22)21(17(23)19-18)13-20-8-10-24-11-9-20/h3-7,14H,8-13H2,1-2H3,(H,19,23)/t18-/m0/s1. The van der Waals surface area contributed by atoms with E-state index >= 15 is 0 Å². The lowest BCUT2D eigenvalue weighted by Gasteiger charge is -2.31. The van der Waals surface area contributed by atoms with Crippen molar-refractivity contribution in [1.82, 2.24) is 15.1 Å². The average molecular weight is 331 g/mol. The Kier molecular flexibility index (Phi) is 4.87. The summed E-state index contributed by atoms with van der Waals surface area (Å²) in [6.07, 6.45) is 0.585. The molecule has 130 valence electrons. The van der Waals surface area contributed by atoms with E-state index in [9.17, 15) is 9.59 Å². The van der Waals surface area contributed by atoms with Crippen LogP contribution in [0.25, 0.3) is 0 Å². The number of morpholine rings is 1. The second-order valence-electron chi connectivity index (χ2n) is 6.90. The first-order valence-electron chi connectivity index (χ1n) is 8.52. The summed E-state index contributed by atoms with van der Waals surface area (Å²) >= 11 is 0. The zero-order valence-electron chi connectivity index (χ0n) is 14.3. The summed E-state index contributed by atoms with van der Waals surface area (Å²) in [5.74, 6) is 0.122. The molecule has 2 aliphatic rings. The van der Waals surface area contributed by atoms with E-state index in [1.165, 1.54) is 4.90 Å². The molecule has 24 heavy (non-hydrogen) atoms. The third-order valence-corrected chi connectivity index (χ3v) is 4.60. The third-order valence-electron chi connectivity index (χ3n) is 4.60. The molecule has 1 N–H and O–H groups in total. The number of hydrogen-bond donors (Lipinski definition) is 1. The molecule has 2 aliphatic heterocycles. The first-order valence-corrected chi connectivity index (χ1v) is 8.52. The lowest BCUT2D eigenvalue weighted by atomic mass is 9.82. The average Bonchev–Trinajstić information content (AvgIpc) is 2.81. The maximum absolute atomic E-state index is 13.2. The van der Waals surface area contributed by atoms with Gasteiger partial charge >= 0.3 is 6.03 Å². The number of amides is 3. The molecule has 0 radical (unpaired) electrons. The van der Waals surface area contributed by atoms with E-state index in [1.54, 1.807) is 0 Å². The highest BCUT2D eigenvalue weighted by Gasteiger charge is 2.52. The largest absolute Gasteiger partial charge is 0.379 e. The van der Waals surface area contributed by atoms with Crippen molar-refractivity contribution in [2.75, 3.05) is 33.0 Å². The number of imide groups is 1. The highest BCUT2D eigenvalue weighted by Crippen LogP contribution is 2.35. The summed E-state index contributed by atoms with van der Waals surface area (Å²) in [6.45, 7) is 7.20. The van der Waals surface area contributed by atoms with Gasteiger partial charge in [-0.05, 0) is 17.9 Å². The van der Waals surface area contributed by atoms with Gasteiger partial charge in [-0.2, -0.15) is 0 Å². The Balaban J connectivity index is 1.87. The molecule has 0 bridgehead atoms. The second-order valence-corrected chi connectivity index (χ2v) is 6.90. The number of hydrogen-bond acceptors (Lipinski definition) is 4. The molecule has 3 rings (SSSR count). The molecule has 2 heterocycles. The molecule has 0 unspecified atom stereocenters. The smallest absolute Gasteiger partial charge is 0.326 e. The predicted octanol–water partition coefficient (Wildman–Crippen LogP) is 1.77. The van der Waals surface area contributed by atoms with Gasteiger partial charge in [0, 0.05) is 13.1 Å². The minimum absolute atomic E-state index is 0.154. The molecule has 6 heteroatoms. The van der Waals surface area contributed by atoms with Gasteiger partial charge in [0.15, 0.2) is 0 Å². The SMILES string of the molecule is CC(C)C[C@@]1(c2ccccc2)NC(=O)N(CN2CCOCC2)C1=O. The zero-order valence-corrected chi connectivity index (χ0v) is 14.3. The van der Waals surface area contributed by atoms with Crippen molar-refractivity contribution in [2.24, 2.45) is 5.92 Å². The van der Waals surface area contributed by atoms with Crippen molar-refractivity contribution in [3.8, 4) is 0 Å². The van der Waals surface area contributed by atoms with Gasteiger partial charge in [0.2, 0.25) is 0 Å². The Morgan fingerprint density at radius 1 is 1.17 bits per heavy atom. The normalized spacial score (nSPS) is 25.4. The summed E-state index contributed by atoms with van der Waals surface area (Å²) in [5.41, 5.74) is -0.111. The molecule has 2 saturated heterocycles. The van der Waals surface area contributed by atoms with Gasteiger partial charge in [-0.1, -0.05) is 44.2 Å². The molecule has 0 spiro atoms. The maximum atomic E-state index is 13.2. The first-order chi connectivity index (χ1) is 11.5. The van der Waals surface area contributed by atoms with Gasteiger partial charge in [0.05, 0.1) is 19.9 Å². The van der Waals surface area contributed by atoms with Crippen molar-refractivity contribution in [2.45, 2.75) is 25.8 Å².